The SMILES string of the molecule is COc1ccc(-n2cc(C)nc2NC2CCCC2)cc1Cl. The number of hydrogen-bond donors (Lipinski definition) is 1. The fourth-order valence-corrected chi connectivity index (χ4v) is 3.11. The molecule has 2 aromatic rings. The van der Waals surface area contributed by atoms with Crippen LogP contribution in [0.4, 0.5) is 5.95 Å². The standard InChI is InChI=1S/C16H20ClN3O/c1-11-10-20(13-7-8-15(21-2)14(17)9-13)16(18-11)19-12-5-3-4-6-12/h7-10,12H,3-6H2,1-2H3,(H,18,19). The second-order valence-corrected chi connectivity index (χ2v) is 5.93. The summed E-state index contributed by atoms with van der Waals surface area (Å²) < 4.78 is 7.26. The zero-order valence-electron chi connectivity index (χ0n) is 12.4. The average molecular weight is 306 g/mol. The van der Waals surface area contributed by atoms with E-state index in [1.807, 2.05) is 31.3 Å². The highest BCUT2D eigenvalue weighted by molar-refractivity contribution is 6.32. The van der Waals surface area contributed by atoms with E-state index < -0.39 is 0 Å². The van der Waals surface area contributed by atoms with E-state index in [0.717, 1.165) is 17.3 Å². The largest absolute Gasteiger partial charge is 0.495 e. The van der Waals surface area contributed by atoms with Gasteiger partial charge in [0.05, 0.1) is 23.5 Å². The van der Waals surface area contributed by atoms with Crippen molar-refractivity contribution in [2.75, 3.05) is 12.4 Å². The lowest BCUT2D eigenvalue weighted by molar-refractivity contribution is 0.415. The molecule has 1 aliphatic rings. The number of benzene rings is 1. The molecule has 0 radical (unpaired) electrons. The number of methoxy groups -OCH3 is 1. The zero-order chi connectivity index (χ0) is 14.8. The molecule has 5 heteroatoms. The number of nitrogens with zero attached hydrogens (tertiary/aromatic N) is 2. The Morgan fingerprint density at radius 1 is 1.33 bits per heavy atom. The van der Waals surface area contributed by atoms with Crippen LogP contribution in [0.25, 0.3) is 5.69 Å². The maximum Gasteiger partial charge on any atom is 0.207 e. The molecule has 3 rings (SSSR count). The summed E-state index contributed by atoms with van der Waals surface area (Å²) in [5.41, 5.74) is 1.98. The van der Waals surface area contributed by atoms with E-state index in [0.29, 0.717) is 16.8 Å². The minimum atomic E-state index is 0.527. The fraction of sp³-hybridized carbons (Fsp3) is 0.438. The van der Waals surface area contributed by atoms with Crippen LogP contribution in [0.2, 0.25) is 5.02 Å². The van der Waals surface area contributed by atoms with Gasteiger partial charge in [0.1, 0.15) is 5.75 Å². The van der Waals surface area contributed by atoms with Crippen LogP contribution in [-0.4, -0.2) is 22.7 Å². The number of aryl methyl sites for hydroxylation is 1. The molecule has 1 fully saturated rings. The van der Waals surface area contributed by atoms with Crippen molar-refractivity contribution in [1.82, 2.24) is 9.55 Å². The number of anilines is 1. The molecule has 1 aromatic heterocycles. The van der Waals surface area contributed by atoms with Crippen LogP contribution in [0.5, 0.6) is 5.75 Å². The molecule has 0 atom stereocenters. The van der Waals surface area contributed by atoms with Crippen LogP contribution >= 0.6 is 11.6 Å². The van der Waals surface area contributed by atoms with Crippen molar-refractivity contribution in [3.63, 3.8) is 0 Å². The first-order valence-corrected chi connectivity index (χ1v) is 7.71. The van der Waals surface area contributed by atoms with E-state index in [4.69, 9.17) is 16.3 Å². The first-order chi connectivity index (χ1) is 10.2. The first kappa shape index (κ1) is 14.3. The van der Waals surface area contributed by atoms with Gasteiger partial charge in [0.15, 0.2) is 0 Å². The summed E-state index contributed by atoms with van der Waals surface area (Å²) in [4.78, 5) is 4.60. The topological polar surface area (TPSA) is 39.1 Å². The van der Waals surface area contributed by atoms with Crippen molar-refractivity contribution >= 4 is 17.5 Å². The van der Waals surface area contributed by atoms with Crippen molar-refractivity contribution in [2.45, 2.75) is 38.6 Å². The van der Waals surface area contributed by atoms with E-state index in [1.54, 1.807) is 7.11 Å². The lowest BCUT2D eigenvalue weighted by Crippen LogP contribution is -2.17. The Morgan fingerprint density at radius 2 is 2.10 bits per heavy atom. The maximum absolute atomic E-state index is 6.23. The third kappa shape index (κ3) is 3.00. The van der Waals surface area contributed by atoms with E-state index in [1.165, 1.54) is 25.7 Å². The number of imidazole rings is 1. The first-order valence-electron chi connectivity index (χ1n) is 7.34. The van der Waals surface area contributed by atoms with Gasteiger partial charge in [0, 0.05) is 12.2 Å². The molecule has 0 aliphatic heterocycles. The summed E-state index contributed by atoms with van der Waals surface area (Å²) in [6, 6.07) is 6.30. The van der Waals surface area contributed by atoms with Crippen molar-refractivity contribution in [3.8, 4) is 11.4 Å². The molecule has 4 nitrogen and oxygen atoms in total. The van der Waals surface area contributed by atoms with Gasteiger partial charge < -0.3 is 10.1 Å². The zero-order valence-corrected chi connectivity index (χ0v) is 13.2. The third-order valence-corrected chi connectivity index (χ3v) is 4.22. The normalized spacial score (nSPS) is 15.4. The van der Waals surface area contributed by atoms with Crippen LogP contribution in [0.15, 0.2) is 24.4 Å². The van der Waals surface area contributed by atoms with Gasteiger partial charge in [-0.1, -0.05) is 24.4 Å². The van der Waals surface area contributed by atoms with Crippen molar-refractivity contribution in [1.29, 1.82) is 0 Å². The van der Waals surface area contributed by atoms with Gasteiger partial charge in [0.2, 0.25) is 5.95 Å². The quantitative estimate of drug-likeness (QED) is 0.920. The third-order valence-electron chi connectivity index (χ3n) is 3.93. The summed E-state index contributed by atoms with van der Waals surface area (Å²) in [5, 5.41) is 4.16. The summed E-state index contributed by atoms with van der Waals surface area (Å²) >= 11 is 6.23. The van der Waals surface area contributed by atoms with Crippen LogP contribution in [0, 0.1) is 6.92 Å². The van der Waals surface area contributed by atoms with Crippen LogP contribution in [0.3, 0.4) is 0 Å². The molecular weight excluding hydrogens is 286 g/mol. The van der Waals surface area contributed by atoms with E-state index in [9.17, 15) is 0 Å². The van der Waals surface area contributed by atoms with Gasteiger partial charge in [0.25, 0.3) is 0 Å². The number of rotatable bonds is 4. The molecule has 1 heterocycles. The molecule has 0 spiro atoms. The number of aromatic nitrogens is 2. The maximum atomic E-state index is 6.23. The van der Waals surface area contributed by atoms with E-state index in [-0.39, 0.29) is 0 Å². The summed E-state index contributed by atoms with van der Waals surface area (Å²) in [7, 11) is 1.62. The Labute approximate surface area is 130 Å². The molecule has 112 valence electrons. The summed E-state index contributed by atoms with van der Waals surface area (Å²) in [6.45, 7) is 2.00. The molecule has 0 amide bonds. The minimum absolute atomic E-state index is 0.527. The van der Waals surface area contributed by atoms with Crippen molar-refractivity contribution in [3.05, 3.63) is 35.1 Å². The van der Waals surface area contributed by atoms with Gasteiger partial charge in [-0.2, -0.15) is 0 Å². The lowest BCUT2D eigenvalue weighted by Gasteiger charge is -2.15. The second kappa shape index (κ2) is 5.98. The van der Waals surface area contributed by atoms with Crippen molar-refractivity contribution in [2.24, 2.45) is 0 Å². The Balaban J connectivity index is 1.92. The lowest BCUT2D eigenvalue weighted by atomic mass is 10.2. The molecule has 1 aromatic carbocycles. The molecule has 0 unspecified atom stereocenters. The van der Waals surface area contributed by atoms with Gasteiger partial charge in [-0.3, -0.25) is 4.57 Å². The van der Waals surface area contributed by atoms with Crippen LogP contribution in [-0.2, 0) is 0 Å². The van der Waals surface area contributed by atoms with Gasteiger partial charge >= 0.3 is 0 Å². The predicted octanol–water partition coefficient (Wildman–Crippen LogP) is 4.20. The average Bonchev–Trinajstić information content (AvgIpc) is 3.09. The highest BCUT2D eigenvalue weighted by Gasteiger charge is 2.18. The molecule has 1 saturated carbocycles. The fourth-order valence-electron chi connectivity index (χ4n) is 2.85. The summed E-state index contributed by atoms with van der Waals surface area (Å²) in [5.74, 6) is 1.57. The number of ether oxygens (including phenoxy) is 1. The number of nitrogens with one attached hydrogen (secondary N) is 1. The van der Waals surface area contributed by atoms with E-state index >= 15 is 0 Å². The number of halogens is 1. The van der Waals surface area contributed by atoms with Crippen molar-refractivity contribution < 1.29 is 4.74 Å². The number of hydrogen-bond acceptors (Lipinski definition) is 3. The summed E-state index contributed by atoms with van der Waals surface area (Å²) in [6.07, 6.45) is 7.05. The van der Waals surface area contributed by atoms with Gasteiger partial charge in [-0.15, -0.1) is 0 Å². The molecular formula is C16H20ClN3O. The monoisotopic (exact) mass is 305 g/mol. The van der Waals surface area contributed by atoms with Crippen LogP contribution < -0.4 is 10.1 Å². The van der Waals surface area contributed by atoms with E-state index in [2.05, 4.69) is 14.9 Å². The molecule has 1 N–H and O–H groups in total. The Bertz CT molecular complexity index is 632. The molecule has 21 heavy (non-hydrogen) atoms. The highest BCUT2D eigenvalue weighted by Crippen LogP contribution is 2.29. The molecule has 0 bridgehead atoms. The smallest absolute Gasteiger partial charge is 0.207 e. The van der Waals surface area contributed by atoms with Crippen LogP contribution in [0.1, 0.15) is 31.4 Å². The molecule has 0 saturated heterocycles. The molecule has 1 aliphatic carbocycles. The highest BCUT2D eigenvalue weighted by atomic mass is 35.5. The Kier molecular flexibility index (Phi) is 4.06. The van der Waals surface area contributed by atoms with Gasteiger partial charge in [-0.05, 0) is 38.0 Å². The minimum Gasteiger partial charge on any atom is -0.495 e. The second-order valence-electron chi connectivity index (χ2n) is 5.52. The Hall–Kier alpha value is -1.68. The Morgan fingerprint density at radius 3 is 2.76 bits per heavy atom. The predicted molar refractivity (Wildman–Crippen MR) is 85.7 cm³/mol. The van der Waals surface area contributed by atoms with Gasteiger partial charge in [-0.25, -0.2) is 4.98 Å².